The van der Waals surface area contributed by atoms with Crippen molar-refractivity contribution < 1.29 is 17.9 Å². The highest BCUT2D eigenvalue weighted by atomic mass is 32.2. The molecule has 0 radical (unpaired) electrons. The van der Waals surface area contributed by atoms with Gasteiger partial charge in [-0.25, -0.2) is 8.42 Å². The summed E-state index contributed by atoms with van der Waals surface area (Å²) in [4.78, 5) is 12.5. The standard InChI is InChI=1S/C25H26N2O4S/c1-31-22-13-11-21(12-14-22)26-25(28)17-10-19-8-15-23(16-9-19)32(29,30)27-18-4-6-20-5-2-3-7-24(20)27/h2-3,5,7-9,11-16H,4,6,10,17-18H2,1H3,(H,26,28). The second kappa shape index (κ2) is 9.44. The molecule has 32 heavy (non-hydrogen) atoms. The van der Waals surface area contributed by atoms with Crippen LogP contribution in [0.15, 0.2) is 77.7 Å². The third kappa shape index (κ3) is 4.78. The molecule has 0 atom stereocenters. The summed E-state index contributed by atoms with van der Waals surface area (Å²) in [5.74, 6) is 0.628. The maximum Gasteiger partial charge on any atom is 0.264 e. The molecule has 3 aromatic rings. The molecule has 0 aromatic heterocycles. The van der Waals surface area contributed by atoms with Crippen LogP contribution in [0.25, 0.3) is 0 Å². The Hall–Kier alpha value is -3.32. The number of para-hydroxylation sites is 1. The van der Waals surface area contributed by atoms with Gasteiger partial charge in [0.1, 0.15) is 5.75 Å². The molecule has 0 spiro atoms. The van der Waals surface area contributed by atoms with Crippen molar-refractivity contribution in [3.63, 3.8) is 0 Å². The van der Waals surface area contributed by atoms with Crippen LogP contribution in [0.2, 0.25) is 0 Å². The van der Waals surface area contributed by atoms with E-state index in [0.717, 1.165) is 35.4 Å². The number of carbonyl (C=O) groups excluding carboxylic acids is 1. The number of amides is 1. The molecular weight excluding hydrogens is 424 g/mol. The molecule has 1 aliphatic rings. The number of hydrogen-bond donors (Lipinski definition) is 1. The van der Waals surface area contributed by atoms with Crippen LogP contribution in [0.5, 0.6) is 5.75 Å². The third-order valence-corrected chi connectivity index (χ3v) is 7.42. The lowest BCUT2D eigenvalue weighted by Gasteiger charge is -2.30. The largest absolute Gasteiger partial charge is 0.497 e. The molecule has 0 fully saturated rings. The summed E-state index contributed by atoms with van der Waals surface area (Å²) in [6.07, 6.45) is 2.52. The first kappa shape index (κ1) is 21.9. The van der Waals surface area contributed by atoms with Gasteiger partial charge in [0, 0.05) is 18.7 Å². The first-order chi connectivity index (χ1) is 15.5. The monoisotopic (exact) mass is 450 g/mol. The molecule has 0 bridgehead atoms. The number of ether oxygens (including phenoxy) is 1. The number of carbonyl (C=O) groups is 1. The zero-order chi connectivity index (χ0) is 22.6. The minimum atomic E-state index is -3.63. The Balaban J connectivity index is 1.39. The van der Waals surface area contributed by atoms with E-state index in [-0.39, 0.29) is 10.8 Å². The van der Waals surface area contributed by atoms with Crippen LogP contribution in [0.3, 0.4) is 0 Å². The summed E-state index contributed by atoms with van der Waals surface area (Å²) in [5, 5.41) is 2.85. The number of rotatable bonds is 7. The van der Waals surface area contributed by atoms with Gasteiger partial charge < -0.3 is 10.1 Å². The first-order valence-corrected chi connectivity index (χ1v) is 12.0. The van der Waals surface area contributed by atoms with E-state index in [2.05, 4.69) is 5.32 Å². The first-order valence-electron chi connectivity index (χ1n) is 10.6. The number of sulfonamides is 1. The lowest BCUT2D eigenvalue weighted by molar-refractivity contribution is -0.116. The fraction of sp³-hybridized carbons (Fsp3) is 0.240. The number of anilines is 2. The predicted molar refractivity (Wildman–Crippen MR) is 126 cm³/mol. The lowest BCUT2D eigenvalue weighted by atomic mass is 10.0. The van der Waals surface area contributed by atoms with Crippen molar-refractivity contribution in [2.75, 3.05) is 23.3 Å². The molecule has 0 saturated carbocycles. The lowest BCUT2D eigenvalue weighted by Crippen LogP contribution is -2.35. The fourth-order valence-corrected chi connectivity index (χ4v) is 5.40. The Morgan fingerprint density at radius 2 is 1.72 bits per heavy atom. The maximum absolute atomic E-state index is 13.2. The van der Waals surface area contributed by atoms with Crippen molar-refractivity contribution in [2.45, 2.75) is 30.6 Å². The zero-order valence-electron chi connectivity index (χ0n) is 18.0. The summed E-state index contributed by atoms with van der Waals surface area (Å²) in [6, 6.07) is 21.6. The predicted octanol–water partition coefficient (Wildman–Crippen LogP) is 4.41. The van der Waals surface area contributed by atoms with E-state index < -0.39 is 10.0 Å². The number of fused-ring (bicyclic) bond motifs is 1. The van der Waals surface area contributed by atoms with Crippen LogP contribution in [-0.4, -0.2) is 28.0 Å². The van der Waals surface area contributed by atoms with Crippen LogP contribution in [0.4, 0.5) is 11.4 Å². The molecule has 4 rings (SSSR count). The summed E-state index contributed by atoms with van der Waals surface area (Å²) >= 11 is 0. The highest BCUT2D eigenvalue weighted by Gasteiger charge is 2.28. The number of methoxy groups -OCH3 is 1. The van der Waals surface area contributed by atoms with Gasteiger partial charge >= 0.3 is 0 Å². The van der Waals surface area contributed by atoms with Crippen LogP contribution >= 0.6 is 0 Å². The molecule has 0 aliphatic carbocycles. The van der Waals surface area contributed by atoms with E-state index in [4.69, 9.17) is 4.74 Å². The van der Waals surface area contributed by atoms with Crippen molar-refractivity contribution >= 4 is 27.3 Å². The molecule has 1 amide bonds. The molecule has 1 aliphatic heterocycles. The number of benzene rings is 3. The van der Waals surface area contributed by atoms with Gasteiger partial charge in [-0.15, -0.1) is 0 Å². The van der Waals surface area contributed by atoms with Gasteiger partial charge in [-0.1, -0.05) is 30.3 Å². The SMILES string of the molecule is COc1ccc(NC(=O)CCc2ccc(S(=O)(=O)N3CCCc4ccccc43)cc2)cc1. The van der Waals surface area contributed by atoms with Crippen molar-refractivity contribution in [3.8, 4) is 5.75 Å². The average Bonchev–Trinajstić information content (AvgIpc) is 2.83. The summed E-state index contributed by atoms with van der Waals surface area (Å²) < 4.78 is 33.1. The summed E-state index contributed by atoms with van der Waals surface area (Å²) in [6.45, 7) is 0.479. The van der Waals surface area contributed by atoms with Crippen LogP contribution in [0.1, 0.15) is 24.0 Å². The molecule has 0 saturated heterocycles. The molecule has 6 nitrogen and oxygen atoms in total. The van der Waals surface area contributed by atoms with E-state index in [1.54, 1.807) is 55.6 Å². The third-order valence-electron chi connectivity index (χ3n) is 5.59. The smallest absolute Gasteiger partial charge is 0.264 e. The van der Waals surface area contributed by atoms with Crippen molar-refractivity contribution in [2.24, 2.45) is 0 Å². The van der Waals surface area contributed by atoms with Gasteiger partial charge in [0.2, 0.25) is 5.91 Å². The average molecular weight is 451 g/mol. The van der Waals surface area contributed by atoms with Crippen LogP contribution < -0.4 is 14.4 Å². The minimum Gasteiger partial charge on any atom is -0.497 e. The molecule has 7 heteroatoms. The fourth-order valence-electron chi connectivity index (χ4n) is 3.86. The van der Waals surface area contributed by atoms with E-state index in [1.807, 2.05) is 24.3 Å². The molecule has 1 N–H and O–H groups in total. The highest BCUT2D eigenvalue weighted by molar-refractivity contribution is 7.92. The Bertz CT molecular complexity index is 1190. The quantitative estimate of drug-likeness (QED) is 0.579. The van der Waals surface area contributed by atoms with Crippen molar-refractivity contribution in [1.82, 2.24) is 0 Å². The van der Waals surface area contributed by atoms with Crippen molar-refractivity contribution in [3.05, 3.63) is 83.9 Å². The maximum atomic E-state index is 13.2. The number of aryl methyl sites for hydroxylation is 2. The number of hydrogen-bond acceptors (Lipinski definition) is 4. The summed E-state index contributed by atoms with van der Waals surface area (Å²) in [5.41, 5.74) is 3.44. The molecule has 1 heterocycles. The molecule has 166 valence electrons. The molecule has 0 unspecified atom stereocenters. The minimum absolute atomic E-state index is 0.100. The van der Waals surface area contributed by atoms with E-state index in [9.17, 15) is 13.2 Å². The molecule has 3 aromatic carbocycles. The normalized spacial score (nSPS) is 13.3. The van der Waals surface area contributed by atoms with Gasteiger partial charge in [-0.3, -0.25) is 9.10 Å². The second-order valence-corrected chi connectivity index (χ2v) is 9.59. The van der Waals surface area contributed by atoms with Crippen molar-refractivity contribution in [1.29, 1.82) is 0 Å². The highest BCUT2D eigenvalue weighted by Crippen LogP contribution is 2.31. The number of nitrogens with zero attached hydrogens (tertiary/aromatic N) is 1. The summed E-state index contributed by atoms with van der Waals surface area (Å²) in [7, 11) is -2.03. The van der Waals surface area contributed by atoms with Gasteiger partial charge in [0.15, 0.2) is 0 Å². The molecular formula is C25H26N2O4S. The Morgan fingerprint density at radius 1 is 1.00 bits per heavy atom. The van der Waals surface area contributed by atoms with Gasteiger partial charge in [0.05, 0.1) is 17.7 Å². The number of nitrogens with one attached hydrogen (secondary N) is 1. The Morgan fingerprint density at radius 3 is 2.44 bits per heavy atom. The van der Waals surface area contributed by atoms with Crippen LogP contribution in [0, 0.1) is 0 Å². The van der Waals surface area contributed by atoms with E-state index >= 15 is 0 Å². The topological polar surface area (TPSA) is 75.7 Å². The van der Waals surface area contributed by atoms with E-state index in [1.165, 1.54) is 4.31 Å². The van der Waals surface area contributed by atoms with Gasteiger partial charge in [-0.05, 0) is 72.9 Å². The zero-order valence-corrected chi connectivity index (χ0v) is 18.8. The van der Waals surface area contributed by atoms with Gasteiger partial charge in [-0.2, -0.15) is 0 Å². The van der Waals surface area contributed by atoms with Gasteiger partial charge in [0.25, 0.3) is 10.0 Å². The van der Waals surface area contributed by atoms with Crippen LogP contribution in [-0.2, 0) is 27.7 Å². The Kier molecular flexibility index (Phi) is 6.46. The Labute approximate surface area is 188 Å². The second-order valence-electron chi connectivity index (χ2n) is 7.73. The van der Waals surface area contributed by atoms with E-state index in [0.29, 0.717) is 25.1 Å².